The van der Waals surface area contributed by atoms with Crippen LogP contribution in [0.2, 0.25) is 0 Å². The van der Waals surface area contributed by atoms with Crippen LogP contribution in [-0.2, 0) is 4.79 Å². The maximum atomic E-state index is 13.7. The highest BCUT2D eigenvalue weighted by atomic mass is 79.9. The summed E-state index contributed by atoms with van der Waals surface area (Å²) in [5, 5.41) is 3.41. The van der Waals surface area contributed by atoms with Crippen molar-refractivity contribution in [3.8, 4) is 0 Å². The second-order valence-electron chi connectivity index (χ2n) is 4.91. The quantitative estimate of drug-likeness (QED) is 0.617. The number of nitrogens with one attached hydrogen (secondary N) is 1. The summed E-state index contributed by atoms with van der Waals surface area (Å²) in [5.74, 6) is -1.83. The molecule has 7 heteroatoms. The third kappa shape index (κ3) is 3.73. The predicted octanol–water partition coefficient (Wildman–Crippen LogP) is 5.01. The van der Waals surface area contributed by atoms with Gasteiger partial charge in [-0.15, -0.1) is 11.8 Å². The number of hydrogen-bond donors (Lipinski definition) is 1. The van der Waals surface area contributed by atoms with Crippen LogP contribution in [0.15, 0.2) is 58.0 Å². The summed E-state index contributed by atoms with van der Waals surface area (Å²) < 4.78 is 27.0. The Hall–Kier alpha value is -1.99. The standard InChI is InChI=1S/C17H11BrF2N2OS/c18-12-7-10(19)8-13(20)17(12)22-16(23)9-24-15-5-6-21-14-4-2-1-3-11(14)15/h1-8H,9H2,(H,22,23). The molecule has 0 radical (unpaired) electrons. The number of benzene rings is 2. The molecule has 1 N–H and O–H groups in total. The number of pyridine rings is 1. The topological polar surface area (TPSA) is 42.0 Å². The van der Waals surface area contributed by atoms with Crippen LogP contribution in [0.1, 0.15) is 0 Å². The number of halogens is 3. The highest BCUT2D eigenvalue weighted by Gasteiger charge is 2.13. The van der Waals surface area contributed by atoms with Gasteiger partial charge in [-0.3, -0.25) is 9.78 Å². The van der Waals surface area contributed by atoms with E-state index < -0.39 is 11.6 Å². The molecule has 1 amide bonds. The first kappa shape index (κ1) is 16.9. The number of amides is 1. The minimum Gasteiger partial charge on any atom is -0.322 e. The van der Waals surface area contributed by atoms with E-state index in [9.17, 15) is 13.6 Å². The number of aromatic nitrogens is 1. The van der Waals surface area contributed by atoms with Crippen molar-refractivity contribution in [3.05, 3.63) is 64.8 Å². The van der Waals surface area contributed by atoms with Gasteiger partial charge in [0.1, 0.15) is 5.82 Å². The van der Waals surface area contributed by atoms with E-state index in [1.54, 1.807) is 6.20 Å². The van der Waals surface area contributed by atoms with E-state index in [4.69, 9.17) is 0 Å². The van der Waals surface area contributed by atoms with E-state index in [1.807, 2.05) is 30.3 Å². The largest absolute Gasteiger partial charge is 0.322 e. The van der Waals surface area contributed by atoms with Gasteiger partial charge >= 0.3 is 0 Å². The van der Waals surface area contributed by atoms with Crippen LogP contribution in [0, 0.1) is 11.6 Å². The molecule has 3 rings (SSSR count). The molecule has 1 aromatic heterocycles. The molecule has 0 saturated carbocycles. The van der Waals surface area contributed by atoms with Gasteiger partial charge < -0.3 is 5.32 Å². The second-order valence-corrected chi connectivity index (χ2v) is 6.78. The van der Waals surface area contributed by atoms with Crippen LogP contribution >= 0.6 is 27.7 Å². The molecule has 1 heterocycles. The fourth-order valence-corrected chi connectivity index (χ4v) is 3.53. The zero-order chi connectivity index (χ0) is 17.1. The van der Waals surface area contributed by atoms with E-state index in [1.165, 1.54) is 11.8 Å². The van der Waals surface area contributed by atoms with Crippen molar-refractivity contribution >= 4 is 50.2 Å². The highest BCUT2D eigenvalue weighted by Crippen LogP contribution is 2.29. The van der Waals surface area contributed by atoms with Gasteiger partial charge in [0, 0.05) is 27.0 Å². The molecule has 24 heavy (non-hydrogen) atoms. The van der Waals surface area contributed by atoms with E-state index in [2.05, 4.69) is 26.2 Å². The normalized spacial score (nSPS) is 10.8. The van der Waals surface area contributed by atoms with Crippen molar-refractivity contribution in [1.82, 2.24) is 4.98 Å². The molecule has 0 saturated heterocycles. The first-order valence-electron chi connectivity index (χ1n) is 6.95. The van der Waals surface area contributed by atoms with Crippen molar-refractivity contribution < 1.29 is 13.6 Å². The third-order valence-electron chi connectivity index (χ3n) is 3.24. The molecule has 0 bridgehead atoms. The average Bonchev–Trinajstić information content (AvgIpc) is 2.56. The maximum absolute atomic E-state index is 13.7. The zero-order valence-corrected chi connectivity index (χ0v) is 14.6. The van der Waals surface area contributed by atoms with Crippen LogP contribution in [0.4, 0.5) is 14.5 Å². The van der Waals surface area contributed by atoms with Crippen LogP contribution in [0.3, 0.4) is 0 Å². The minimum absolute atomic E-state index is 0.0680. The summed E-state index contributed by atoms with van der Waals surface area (Å²) in [6.07, 6.45) is 1.68. The number of thioether (sulfide) groups is 1. The molecular weight excluding hydrogens is 398 g/mol. The summed E-state index contributed by atoms with van der Waals surface area (Å²) in [5.41, 5.74) is 0.775. The van der Waals surface area contributed by atoms with Crippen molar-refractivity contribution in [1.29, 1.82) is 0 Å². The summed E-state index contributed by atoms with van der Waals surface area (Å²) >= 11 is 4.37. The van der Waals surface area contributed by atoms with Crippen LogP contribution in [0.5, 0.6) is 0 Å². The van der Waals surface area contributed by atoms with Gasteiger partial charge in [0.15, 0.2) is 5.82 Å². The molecule has 3 nitrogen and oxygen atoms in total. The SMILES string of the molecule is O=C(CSc1ccnc2ccccc12)Nc1c(F)cc(F)cc1Br. The Morgan fingerprint density at radius 2 is 2.00 bits per heavy atom. The molecule has 0 aliphatic carbocycles. The maximum Gasteiger partial charge on any atom is 0.234 e. The van der Waals surface area contributed by atoms with Gasteiger partial charge in [-0.2, -0.15) is 0 Å². The first-order chi connectivity index (χ1) is 11.5. The summed E-state index contributed by atoms with van der Waals surface area (Å²) in [7, 11) is 0. The number of para-hydroxylation sites is 1. The number of anilines is 1. The number of carbonyl (C=O) groups excluding carboxylic acids is 1. The Balaban J connectivity index is 1.72. The molecule has 122 valence electrons. The lowest BCUT2D eigenvalue weighted by Crippen LogP contribution is -2.15. The van der Waals surface area contributed by atoms with Crippen LogP contribution in [0.25, 0.3) is 10.9 Å². The van der Waals surface area contributed by atoms with E-state index in [-0.39, 0.29) is 21.8 Å². The smallest absolute Gasteiger partial charge is 0.234 e. The lowest BCUT2D eigenvalue weighted by atomic mass is 10.2. The third-order valence-corrected chi connectivity index (χ3v) is 4.94. The number of nitrogens with zero attached hydrogens (tertiary/aromatic N) is 1. The molecular formula is C17H11BrF2N2OS. The van der Waals surface area contributed by atoms with Gasteiger partial charge in [0.05, 0.1) is 17.0 Å². The van der Waals surface area contributed by atoms with Gasteiger partial charge in [-0.1, -0.05) is 18.2 Å². The van der Waals surface area contributed by atoms with Gasteiger partial charge in [0.25, 0.3) is 0 Å². The summed E-state index contributed by atoms with van der Waals surface area (Å²) in [6.45, 7) is 0. The van der Waals surface area contributed by atoms with Crippen molar-refractivity contribution in [3.63, 3.8) is 0 Å². The number of rotatable bonds is 4. The minimum atomic E-state index is -0.824. The van der Waals surface area contributed by atoms with Gasteiger partial charge in [-0.05, 0) is 34.1 Å². The molecule has 0 unspecified atom stereocenters. The van der Waals surface area contributed by atoms with Crippen molar-refractivity contribution in [2.24, 2.45) is 0 Å². The fraction of sp³-hybridized carbons (Fsp3) is 0.0588. The Labute approximate surface area is 149 Å². The van der Waals surface area contributed by atoms with Crippen molar-refractivity contribution in [2.45, 2.75) is 4.90 Å². The Kier molecular flexibility index (Phi) is 5.11. The fourth-order valence-electron chi connectivity index (χ4n) is 2.18. The molecule has 2 aromatic carbocycles. The van der Waals surface area contributed by atoms with E-state index in [0.29, 0.717) is 0 Å². The Morgan fingerprint density at radius 1 is 1.21 bits per heavy atom. The zero-order valence-electron chi connectivity index (χ0n) is 12.2. The number of hydrogen-bond acceptors (Lipinski definition) is 3. The monoisotopic (exact) mass is 408 g/mol. The summed E-state index contributed by atoms with van der Waals surface area (Å²) in [4.78, 5) is 17.3. The lowest BCUT2D eigenvalue weighted by molar-refractivity contribution is -0.113. The molecule has 3 aromatic rings. The molecule has 0 fully saturated rings. The van der Waals surface area contributed by atoms with Gasteiger partial charge in [0.2, 0.25) is 5.91 Å². The Morgan fingerprint density at radius 3 is 2.79 bits per heavy atom. The van der Waals surface area contributed by atoms with E-state index in [0.717, 1.165) is 27.9 Å². The second kappa shape index (κ2) is 7.27. The molecule has 0 atom stereocenters. The Bertz CT molecular complexity index is 892. The average molecular weight is 409 g/mol. The lowest BCUT2D eigenvalue weighted by Gasteiger charge is -2.09. The molecule has 0 spiro atoms. The molecule has 0 aliphatic heterocycles. The van der Waals surface area contributed by atoms with Crippen LogP contribution in [-0.4, -0.2) is 16.6 Å². The first-order valence-corrected chi connectivity index (χ1v) is 8.73. The highest BCUT2D eigenvalue weighted by molar-refractivity contribution is 9.10. The predicted molar refractivity (Wildman–Crippen MR) is 95.2 cm³/mol. The van der Waals surface area contributed by atoms with Gasteiger partial charge in [-0.25, -0.2) is 8.78 Å². The number of carbonyl (C=O) groups is 1. The van der Waals surface area contributed by atoms with E-state index >= 15 is 0 Å². The van der Waals surface area contributed by atoms with Crippen LogP contribution < -0.4 is 5.32 Å². The number of fused-ring (bicyclic) bond motifs is 1. The molecule has 0 aliphatic rings. The summed E-state index contributed by atoms with van der Waals surface area (Å²) in [6, 6.07) is 11.3. The van der Waals surface area contributed by atoms with Crippen molar-refractivity contribution in [2.75, 3.05) is 11.1 Å².